The van der Waals surface area contributed by atoms with Crippen LogP contribution in [0.5, 0.6) is 5.75 Å². The number of thiazole rings is 2. The number of aryl methyl sites for hydroxylation is 1. The van der Waals surface area contributed by atoms with Crippen molar-refractivity contribution in [3.05, 3.63) is 69.9 Å². The van der Waals surface area contributed by atoms with Gasteiger partial charge in [-0.3, -0.25) is 10.1 Å². The van der Waals surface area contributed by atoms with Gasteiger partial charge < -0.3 is 4.74 Å². The van der Waals surface area contributed by atoms with Crippen molar-refractivity contribution in [1.82, 2.24) is 9.97 Å². The first kappa shape index (κ1) is 17.6. The maximum Gasteiger partial charge on any atom is 0.261 e. The average molecular weight is 399 g/mol. The summed E-state index contributed by atoms with van der Waals surface area (Å²) < 4.78 is 19.8. The second kappa shape index (κ2) is 7.42. The third-order valence-corrected chi connectivity index (χ3v) is 5.50. The second-order valence-corrected chi connectivity index (χ2v) is 7.82. The second-order valence-electron chi connectivity index (χ2n) is 5.73. The summed E-state index contributed by atoms with van der Waals surface area (Å²) >= 11 is 2.77. The van der Waals surface area contributed by atoms with E-state index >= 15 is 0 Å². The van der Waals surface area contributed by atoms with Crippen LogP contribution < -0.4 is 10.1 Å². The Morgan fingerprint density at radius 2 is 2.07 bits per heavy atom. The van der Waals surface area contributed by atoms with Crippen molar-refractivity contribution in [1.29, 1.82) is 0 Å². The lowest BCUT2D eigenvalue weighted by atomic mass is 10.2. The molecule has 0 saturated carbocycles. The third-order valence-electron chi connectivity index (χ3n) is 3.74. The third kappa shape index (κ3) is 3.96. The van der Waals surface area contributed by atoms with Crippen molar-refractivity contribution in [2.24, 2.45) is 0 Å². The van der Waals surface area contributed by atoms with Crippen LogP contribution in [0.1, 0.15) is 21.1 Å². The molecule has 0 saturated heterocycles. The first-order valence-corrected chi connectivity index (χ1v) is 9.78. The topological polar surface area (TPSA) is 64.1 Å². The predicted molar refractivity (Wildman–Crippen MR) is 105 cm³/mol. The van der Waals surface area contributed by atoms with E-state index in [1.807, 2.05) is 12.3 Å². The van der Waals surface area contributed by atoms with Gasteiger partial charge in [0.1, 0.15) is 18.2 Å². The number of hydrogen-bond acceptors (Lipinski definition) is 6. The highest BCUT2D eigenvalue weighted by Crippen LogP contribution is 2.28. The molecule has 0 aliphatic rings. The first-order valence-electron chi connectivity index (χ1n) is 8.09. The number of rotatable bonds is 5. The zero-order valence-electron chi connectivity index (χ0n) is 14.2. The minimum absolute atomic E-state index is 0.287. The molecule has 1 amide bonds. The summed E-state index contributed by atoms with van der Waals surface area (Å²) in [6.07, 6.45) is 0. The van der Waals surface area contributed by atoms with E-state index in [1.165, 1.54) is 23.5 Å². The molecule has 5 nitrogen and oxygen atoms in total. The highest BCUT2D eigenvalue weighted by Gasteiger charge is 2.15. The summed E-state index contributed by atoms with van der Waals surface area (Å²) in [5, 5.41) is 6.06. The van der Waals surface area contributed by atoms with Crippen molar-refractivity contribution < 1.29 is 13.9 Å². The molecule has 0 spiro atoms. The zero-order chi connectivity index (χ0) is 18.8. The fraction of sp³-hybridized carbons (Fsp3) is 0.105. The Morgan fingerprint density at radius 1 is 1.22 bits per heavy atom. The molecule has 4 rings (SSSR count). The number of anilines is 1. The summed E-state index contributed by atoms with van der Waals surface area (Å²) in [4.78, 5) is 21.4. The van der Waals surface area contributed by atoms with Gasteiger partial charge in [0.25, 0.3) is 5.91 Å². The van der Waals surface area contributed by atoms with Gasteiger partial charge in [0.05, 0.1) is 26.5 Å². The predicted octanol–water partition coefficient (Wildman–Crippen LogP) is 5.03. The quantitative estimate of drug-likeness (QED) is 0.511. The average Bonchev–Trinajstić information content (AvgIpc) is 3.25. The monoisotopic (exact) mass is 399 g/mol. The number of fused-ring (bicyclic) bond motifs is 1. The summed E-state index contributed by atoms with van der Waals surface area (Å²) in [5.41, 5.74) is 1.86. The van der Waals surface area contributed by atoms with Gasteiger partial charge in [0.2, 0.25) is 0 Å². The number of benzene rings is 2. The lowest BCUT2D eigenvalue weighted by Crippen LogP contribution is -2.13. The van der Waals surface area contributed by atoms with Crippen LogP contribution in [-0.2, 0) is 6.61 Å². The summed E-state index contributed by atoms with van der Waals surface area (Å²) in [7, 11) is 0. The molecule has 8 heteroatoms. The van der Waals surface area contributed by atoms with Crippen LogP contribution in [0.15, 0.2) is 47.8 Å². The number of halogens is 1. The van der Waals surface area contributed by atoms with E-state index in [2.05, 4.69) is 15.3 Å². The molecule has 0 bridgehead atoms. The zero-order valence-corrected chi connectivity index (χ0v) is 15.9. The SMILES string of the molecule is Cc1nc(COc2ccccc2C(=O)Nc2nc3ccc(F)cc3s2)cs1. The Bertz CT molecular complexity index is 1120. The summed E-state index contributed by atoms with van der Waals surface area (Å²) in [6.45, 7) is 2.22. The molecule has 0 unspecified atom stereocenters. The molecule has 2 aromatic carbocycles. The summed E-state index contributed by atoms with van der Waals surface area (Å²) in [5.74, 6) is -0.201. The number of para-hydroxylation sites is 1. The van der Waals surface area contributed by atoms with Crippen molar-refractivity contribution in [3.8, 4) is 5.75 Å². The molecule has 0 fully saturated rings. The standard InChI is InChI=1S/C19H14FN3O2S2/c1-11-21-13(10-26-11)9-25-16-5-3-2-4-14(16)18(24)23-19-22-15-7-6-12(20)8-17(15)27-19/h2-8,10H,9H2,1H3,(H,22,23,24). The molecule has 0 aliphatic carbocycles. The van der Waals surface area contributed by atoms with E-state index in [4.69, 9.17) is 4.74 Å². The molecular formula is C19H14FN3O2S2. The van der Waals surface area contributed by atoms with Gasteiger partial charge in [-0.1, -0.05) is 23.5 Å². The van der Waals surface area contributed by atoms with Gasteiger partial charge in [-0.05, 0) is 37.3 Å². The molecule has 0 radical (unpaired) electrons. The van der Waals surface area contributed by atoms with Crippen molar-refractivity contribution in [2.45, 2.75) is 13.5 Å². The number of ether oxygens (including phenoxy) is 1. The molecule has 2 heterocycles. The van der Waals surface area contributed by atoms with Crippen LogP contribution in [0.4, 0.5) is 9.52 Å². The molecule has 136 valence electrons. The molecule has 27 heavy (non-hydrogen) atoms. The highest BCUT2D eigenvalue weighted by molar-refractivity contribution is 7.22. The molecule has 4 aromatic rings. The number of carbonyl (C=O) groups excluding carboxylic acids is 1. The van der Waals surface area contributed by atoms with Crippen molar-refractivity contribution in [3.63, 3.8) is 0 Å². The Kier molecular flexibility index (Phi) is 4.83. The number of carbonyl (C=O) groups is 1. The molecule has 2 aromatic heterocycles. The molecule has 1 N–H and O–H groups in total. The van der Waals surface area contributed by atoms with Gasteiger partial charge in [-0.15, -0.1) is 11.3 Å². The van der Waals surface area contributed by atoms with Crippen molar-refractivity contribution >= 4 is 43.9 Å². The van der Waals surface area contributed by atoms with Crippen LogP contribution in [0, 0.1) is 12.7 Å². The smallest absolute Gasteiger partial charge is 0.261 e. The van der Waals surface area contributed by atoms with E-state index in [0.29, 0.717) is 26.7 Å². The van der Waals surface area contributed by atoms with E-state index < -0.39 is 0 Å². The maximum atomic E-state index is 13.3. The molecule has 0 atom stereocenters. The molecular weight excluding hydrogens is 385 g/mol. The van der Waals surface area contributed by atoms with E-state index in [1.54, 1.807) is 41.7 Å². The van der Waals surface area contributed by atoms with Gasteiger partial charge in [-0.2, -0.15) is 0 Å². The van der Waals surface area contributed by atoms with Gasteiger partial charge in [0, 0.05) is 5.38 Å². The normalized spacial score (nSPS) is 10.9. The van der Waals surface area contributed by atoms with E-state index in [-0.39, 0.29) is 18.3 Å². The summed E-state index contributed by atoms with van der Waals surface area (Å²) in [6, 6.07) is 11.3. The maximum absolute atomic E-state index is 13.3. The van der Waals surface area contributed by atoms with Gasteiger partial charge in [0.15, 0.2) is 5.13 Å². The Balaban J connectivity index is 1.52. The van der Waals surface area contributed by atoms with Crippen LogP contribution in [0.25, 0.3) is 10.2 Å². The Hall–Kier alpha value is -2.84. The largest absolute Gasteiger partial charge is 0.486 e. The highest BCUT2D eigenvalue weighted by atomic mass is 32.1. The number of nitrogens with one attached hydrogen (secondary N) is 1. The van der Waals surface area contributed by atoms with Gasteiger partial charge >= 0.3 is 0 Å². The minimum Gasteiger partial charge on any atom is -0.486 e. The number of aromatic nitrogens is 2. The lowest BCUT2D eigenvalue weighted by molar-refractivity contribution is 0.102. The fourth-order valence-electron chi connectivity index (χ4n) is 2.52. The number of nitrogens with zero attached hydrogens (tertiary/aromatic N) is 2. The van der Waals surface area contributed by atoms with E-state index in [9.17, 15) is 9.18 Å². The molecule has 0 aliphatic heterocycles. The van der Waals surface area contributed by atoms with E-state index in [0.717, 1.165) is 10.7 Å². The van der Waals surface area contributed by atoms with Crippen LogP contribution >= 0.6 is 22.7 Å². The first-order chi connectivity index (χ1) is 13.1. The van der Waals surface area contributed by atoms with Crippen LogP contribution in [0.2, 0.25) is 0 Å². The number of hydrogen-bond donors (Lipinski definition) is 1. The Morgan fingerprint density at radius 3 is 2.89 bits per heavy atom. The van der Waals surface area contributed by atoms with Crippen molar-refractivity contribution in [2.75, 3.05) is 5.32 Å². The van der Waals surface area contributed by atoms with Crippen LogP contribution in [0.3, 0.4) is 0 Å². The van der Waals surface area contributed by atoms with Crippen LogP contribution in [-0.4, -0.2) is 15.9 Å². The lowest BCUT2D eigenvalue weighted by Gasteiger charge is -2.10. The minimum atomic E-state index is -0.334. The van der Waals surface area contributed by atoms with Gasteiger partial charge in [-0.25, -0.2) is 14.4 Å². The fourth-order valence-corrected chi connectivity index (χ4v) is 4.01. The Labute approximate surface area is 162 Å². The number of amides is 1.